The number of rotatable bonds is 4. The van der Waals surface area contributed by atoms with Crippen molar-refractivity contribution < 1.29 is 9.59 Å². The summed E-state index contributed by atoms with van der Waals surface area (Å²) in [4.78, 5) is 21.6. The lowest BCUT2D eigenvalue weighted by molar-refractivity contribution is 0.225. The molecule has 0 aliphatic carbocycles. The Morgan fingerprint density at radius 1 is 1.21 bits per heavy atom. The average Bonchev–Trinajstić information content (AvgIpc) is 2.20. The first-order valence-corrected chi connectivity index (χ1v) is 3.93. The van der Waals surface area contributed by atoms with Gasteiger partial charge in [0.05, 0.1) is 6.54 Å². The number of hydrogen-bond donors (Lipinski definition) is 3. The minimum Gasteiger partial charge on any atom is -0.333 e. The molecule has 0 bridgehead atoms. The van der Waals surface area contributed by atoms with Crippen LogP contribution in [0.1, 0.15) is 0 Å². The molecule has 4 amide bonds. The number of urea groups is 2. The van der Waals surface area contributed by atoms with Gasteiger partial charge in [-0.2, -0.15) is 0 Å². The van der Waals surface area contributed by atoms with E-state index in [1.807, 2.05) is 0 Å². The fraction of sp³-hybridized carbons (Fsp3) is 0.250. The Balaban J connectivity index is 3.50. The summed E-state index contributed by atoms with van der Waals surface area (Å²) in [7, 11) is 0. The molecule has 0 rings (SSSR count). The molecule has 0 aromatic carbocycles. The third kappa shape index (κ3) is 6.71. The summed E-state index contributed by atoms with van der Waals surface area (Å²) in [5.74, 6) is 0. The van der Waals surface area contributed by atoms with E-state index in [1.165, 1.54) is 12.2 Å². The van der Waals surface area contributed by atoms with Gasteiger partial charge in [-0.05, 0) is 0 Å². The van der Waals surface area contributed by atoms with Gasteiger partial charge < -0.3 is 5.32 Å². The van der Waals surface area contributed by atoms with Gasteiger partial charge in [-0.25, -0.2) is 25.8 Å². The second-order valence-electron chi connectivity index (χ2n) is 2.18. The maximum Gasteiger partial charge on any atom is 0.355 e. The van der Waals surface area contributed by atoms with Gasteiger partial charge in [-0.3, -0.25) is 0 Å². The van der Waals surface area contributed by atoms with Gasteiger partial charge in [0.1, 0.15) is 0 Å². The quantitative estimate of drug-likeness (QED) is 0.434. The molecule has 0 fully saturated rings. The molecule has 14 heavy (non-hydrogen) atoms. The fourth-order valence-corrected chi connectivity index (χ4v) is 0.506. The van der Waals surface area contributed by atoms with E-state index in [0.29, 0.717) is 6.54 Å². The Labute approximate surface area is 82.4 Å². The van der Waals surface area contributed by atoms with Crippen LogP contribution in [0.3, 0.4) is 0 Å². The van der Waals surface area contributed by atoms with E-state index in [-0.39, 0.29) is 6.54 Å². The average molecular weight is 197 g/mol. The number of carbonyl (C=O) groups is 2. The minimum absolute atomic E-state index is 0.210. The second-order valence-corrected chi connectivity index (χ2v) is 2.18. The van der Waals surface area contributed by atoms with Crippen molar-refractivity contribution in [2.24, 2.45) is 0 Å². The molecule has 0 atom stereocenters. The SMILES string of the molecule is C=CC[N]C(=O)NNC(=O)NCC=C. The van der Waals surface area contributed by atoms with E-state index in [9.17, 15) is 9.59 Å². The fourth-order valence-electron chi connectivity index (χ4n) is 0.506. The van der Waals surface area contributed by atoms with Gasteiger partial charge in [0.25, 0.3) is 0 Å². The van der Waals surface area contributed by atoms with Crippen molar-refractivity contribution in [3.8, 4) is 0 Å². The van der Waals surface area contributed by atoms with Crippen molar-refractivity contribution in [1.82, 2.24) is 21.5 Å². The topological polar surface area (TPSA) is 84.3 Å². The minimum atomic E-state index is -0.626. The summed E-state index contributed by atoms with van der Waals surface area (Å²) in [5.41, 5.74) is 4.18. The van der Waals surface area contributed by atoms with E-state index >= 15 is 0 Å². The highest BCUT2D eigenvalue weighted by Gasteiger charge is 2.01. The van der Waals surface area contributed by atoms with Gasteiger partial charge in [-0.1, -0.05) is 12.2 Å². The first kappa shape index (κ1) is 12.0. The van der Waals surface area contributed by atoms with Crippen LogP contribution in [0.2, 0.25) is 0 Å². The first-order valence-electron chi connectivity index (χ1n) is 3.93. The lowest BCUT2D eigenvalue weighted by Gasteiger charge is -2.06. The van der Waals surface area contributed by atoms with Crippen LogP contribution in [0.5, 0.6) is 0 Å². The van der Waals surface area contributed by atoms with E-state index in [2.05, 4.69) is 34.6 Å². The number of amides is 4. The highest BCUT2D eigenvalue weighted by molar-refractivity contribution is 5.79. The van der Waals surface area contributed by atoms with Crippen molar-refractivity contribution in [3.05, 3.63) is 25.3 Å². The molecule has 0 heterocycles. The number of carbonyl (C=O) groups excluding carboxylic acids is 2. The van der Waals surface area contributed by atoms with E-state index in [0.717, 1.165) is 0 Å². The van der Waals surface area contributed by atoms with Gasteiger partial charge >= 0.3 is 12.1 Å². The molecule has 0 aliphatic rings. The van der Waals surface area contributed by atoms with E-state index in [1.54, 1.807) is 0 Å². The Morgan fingerprint density at radius 3 is 2.50 bits per heavy atom. The third-order valence-corrected chi connectivity index (χ3v) is 1.05. The smallest absolute Gasteiger partial charge is 0.333 e. The lowest BCUT2D eigenvalue weighted by atomic mass is 10.6. The van der Waals surface area contributed by atoms with E-state index < -0.39 is 12.1 Å². The molecule has 0 unspecified atom stereocenters. The normalized spacial score (nSPS) is 8.29. The molecule has 0 aromatic heterocycles. The standard InChI is InChI=1S/C8H13N4O2/c1-3-5-9-7(13)11-12-8(14)10-6-4-2/h3-4H,1-2,5-6H2,(H,11,13)(H2,10,12,14). The van der Waals surface area contributed by atoms with Gasteiger partial charge in [0.2, 0.25) is 0 Å². The maximum atomic E-state index is 10.8. The molecule has 0 saturated carbocycles. The summed E-state index contributed by atoms with van der Waals surface area (Å²) in [6, 6.07) is -1.15. The van der Waals surface area contributed by atoms with Crippen molar-refractivity contribution in [2.45, 2.75) is 0 Å². The van der Waals surface area contributed by atoms with Crippen molar-refractivity contribution in [1.29, 1.82) is 0 Å². The second kappa shape index (κ2) is 7.66. The zero-order chi connectivity index (χ0) is 10.8. The van der Waals surface area contributed by atoms with Crippen LogP contribution in [-0.2, 0) is 0 Å². The molecule has 6 heteroatoms. The molecule has 6 nitrogen and oxygen atoms in total. The Hall–Kier alpha value is -1.98. The third-order valence-electron chi connectivity index (χ3n) is 1.05. The van der Waals surface area contributed by atoms with Gasteiger partial charge in [-0.15, -0.1) is 13.2 Å². The van der Waals surface area contributed by atoms with Crippen molar-refractivity contribution >= 4 is 12.1 Å². The summed E-state index contributed by atoms with van der Waals surface area (Å²) >= 11 is 0. The lowest BCUT2D eigenvalue weighted by Crippen LogP contribution is -2.48. The van der Waals surface area contributed by atoms with Crippen LogP contribution >= 0.6 is 0 Å². The van der Waals surface area contributed by atoms with Crippen LogP contribution in [-0.4, -0.2) is 25.2 Å². The summed E-state index contributed by atoms with van der Waals surface area (Å²) in [6.07, 6.45) is 2.99. The highest BCUT2D eigenvalue weighted by Crippen LogP contribution is 1.68. The molecule has 0 spiro atoms. The van der Waals surface area contributed by atoms with Gasteiger partial charge in [0.15, 0.2) is 0 Å². The number of hydrazine groups is 1. The Morgan fingerprint density at radius 2 is 1.93 bits per heavy atom. The zero-order valence-corrected chi connectivity index (χ0v) is 7.75. The van der Waals surface area contributed by atoms with Crippen LogP contribution in [0.15, 0.2) is 25.3 Å². The molecule has 3 N–H and O–H groups in total. The molecule has 0 saturated heterocycles. The van der Waals surface area contributed by atoms with E-state index in [4.69, 9.17) is 0 Å². The molecular weight excluding hydrogens is 184 g/mol. The van der Waals surface area contributed by atoms with Gasteiger partial charge in [0, 0.05) is 6.54 Å². The Kier molecular flexibility index (Phi) is 6.57. The first-order chi connectivity index (χ1) is 6.70. The predicted molar refractivity (Wildman–Crippen MR) is 52.5 cm³/mol. The van der Waals surface area contributed by atoms with Crippen LogP contribution in [0.25, 0.3) is 0 Å². The maximum absolute atomic E-state index is 10.8. The molecule has 1 radical (unpaired) electrons. The molecule has 0 aliphatic heterocycles. The summed E-state index contributed by atoms with van der Waals surface area (Å²) < 4.78 is 0. The number of nitrogens with zero attached hydrogens (tertiary/aromatic N) is 1. The molecular formula is C8H13N4O2. The van der Waals surface area contributed by atoms with Crippen molar-refractivity contribution in [3.63, 3.8) is 0 Å². The van der Waals surface area contributed by atoms with Crippen molar-refractivity contribution in [2.75, 3.05) is 13.1 Å². The van der Waals surface area contributed by atoms with Crippen LogP contribution in [0.4, 0.5) is 9.59 Å². The zero-order valence-electron chi connectivity index (χ0n) is 7.75. The summed E-state index contributed by atoms with van der Waals surface area (Å²) in [6.45, 7) is 7.33. The summed E-state index contributed by atoms with van der Waals surface area (Å²) in [5, 5.41) is 5.86. The monoisotopic (exact) mass is 197 g/mol. The number of nitrogens with one attached hydrogen (secondary N) is 3. The molecule has 0 aromatic rings. The Bertz CT molecular complexity index is 203. The highest BCUT2D eigenvalue weighted by atomic mass is 16.2. The van der Waals surface area contributed by atoms with Crippen LogP contribution < -0.4 is 21.5 Å². The largest absolute Gasteiger partial charge is 0.355 e. The number of hydrogen-bond acceptors (Lipinski definition) is 2. The predicted octanol–water partition coefficient (Wildman–Crippen LogP) is -0.113. The van der Waals surface area contributed by atoms with Crippen LogP contribution in [0, 0.1) is 0 Å². The molecule has 77 valence electrons.